The van der Waals surface area contributed by atoms with Gasteiger partial charge >= 0.3 is 27.8 Å². The molecule has 0 amide bonds. The molecule has 1 atom stereocenters. The van der Waals surface area contributed by atoms with Crippen LogP contribution in [0.15, 0.2) is 48.5 Å². The average Bonchev–Trinajstić information content (AvgIpc) is 2.75. The fraction of sp³-hybridized carbons (Fsp3) is 0.316. The molecule has 0 radical (unpaired) electrons. The number of hydrogen-bond donors (Lipinski definition) is 0. The van der Waals surface area contributed by atoms with Gasteiger partial charge < -0.3 is 9.47 Å². The van der Waals surface area contributed by atoms with Crippen molar-refractivity contribution in [1.82, 2.24) is 0 Å². The monoisotopic (exact) mass is 565 g/mol. The van der Waals surface area contributed by atoms with Crippen LogP contribution in [0.3, 0.4) is 0 Å². The second-order valence-corrected chi connectivity index (χ2v) is 10.4. The number of sulfonamides is 1. The van der Waals surface area contributed by atoms with E-state index in [2.05, 4.69) is 8.92 Å². The normalized spacial score (nSPS) is 13.7. The molecule has 9 nitrogen and oxygen atoms in total. The summed E-state index contributed by atoms with van der Waals surface area (Å²) in [7, 11) is -9.89. The summed E-state index contributed by atoms with van der Waals surface area (Å²) in [4.78, 5) is 11.9. The van der Waals surface area contributed by atoms with Crippen molar-refractivity contribution < 1.29 is 61.6 Å². The van der Waals surface area contributed by atoms with E-state index in [0.29, 0.717) is 10.6 Å². The van der Waals surface area contributed by atoms with Crippen LogP contribution in [0, 0.1) is 0 Å². The van der Waals surface area contributed by atoms with Gasteiger partial charge in [0.2, 0.25) is 10.0 Å². The highest BCUT2D eigenvalue weighted by atomic mass is 32.2. The summed E-state index contributed by atoms with van der Waals surface area (Å²) >= 11 is 0. The number of anilines is 1. The van der Waals surface area contributed by atoms with Gasteiger partial charge in [-0.1, -0.05) is 0 Å². The van der Waals surface area contributed by atoms with E-state index in [1.165, 1.54) is 12.1 Å². The van der Waals surface area contributed by atoms with Crippen LogP contribution in [0.4, 0.5) is 32.0 Å². The van der Waals surface area contributed by atoms with Gasteiger partial charge in [-0.2, -0.15) is 34.8 Å². The van der Waals surface area contributed by atoms with Gasteiger partial charge in [-0.25, -0.2) is 17.4 Å². The van der Waals surface area contributed by atoms with Gasteiger partial charge in [0.25, 0.3) is 0 Å². The second-order valence-electron chi connectivity index (χ2n) is 6.92. The average molecular weight is 565 g/mol. The number of alkyl halides is 6. The van der Waals surface area contributed by atoms with Crippen molar-refractivity contribution in [3.8, 4) is 11.5 Å². The molecule has 0 aliphatic heterocycles. The lowest BCUT2D eigenvalue weighted by atomic mass is 10.2. The molecule has 2 rings (SSSR count). The van der Waals surface area contributed by atoms with E-state index in [-0.39, 0.29) is 17.2 Å². The second kappa shape index (κ2) is 10.5. The Kier molecular flexibility index (Phi) is 8.52. The van der Waals surface area contributed by atoms with Gasteiger partial charge in [0.15, 0.2) is 6.10 Å². The van der Waals surface area contributed by atoms with E-state index < -0.39 is 56.0 Å². The molecule has 2 aromatic carbocycles. The number of hydrogen-bond acceptors (Lipinski definition) is 8. The van der Waals surface area contributed by atoms with Gasteiger partial charge in [-0.05, 0) is 48.5 Å². The number of rotatable bonds is 9. The first-order chi connectivity index (χ1) is 16.3. The zero-order valence-corrected chi connectivity index (χ0v) is 19.8. The van der Waals surface area contributed by atoms with Gasteiger partial charge in [-0.15, -0.1) is 0 Å². The zero-order valence-electron chi connectivity index (χ0n) is 18.2. The van der Waals surface area contributed by atoms with Crippen molar-refractivity contribution in [2.45, 2.75) is 17.8 Å². The Morgan fingerprint density at radius 1 is 0.889 bits per heavy atom. The minimum atomic E-state index is -6.29. The molecular formula is C19H17F6NO8S2. The van der Waals surface area contributed by atoms with Crippen molar-refractivity contribution in [2.75, 3.05) is 24.2 Å². The molecule has 0 aliphatic carbocycles. The number of ether oxygens (including phenoxy) is 2. The maximum atomic E-state index is 12.7. The first kappa shape index (κ1) is 29.2. The Labute approximate surface area is 201 Å². The molecule has 36 heavy (non-hydrogen) atoms. The summed E-state index contributed by atoms with van der Waals surface area (Å²) in [6.07, 6.45) is -6.44. The number of carbonyl (C=O) groups is 1. The van der Waals surface area contributed by atoms with Gasteiger partial charge in [0, 0.05) is 0 Å². The first-order valence-electron chi connectivity index (χ1n) is 9.35. The Morgan fingerprint density at radius 2 is 1.36 bits per heavy atom. The van der Waals surface area contributed by atoms with Crippen LogP contribution in [0.1, 0.15) is 5.56 Å². The maximum absolute atomic E-state index is 12.7. The number of nitrogens with zero attached hydrogens (tertiary/aromatic N) is 1. The predicted molar refractivity (Wildman–Crippen MR) is 112 cm³/mol. The molecule has 0 aliphatic rings. The smallest absolute Gasteiger partial charge is 0.467 e. The van der Waals surface area contributed by atoms with Crippen LogP contribution in [0.25, 0.3) is 0 Å². The molecule has 0 saturated carbocycles. The molecule has 0 saturated heterocycles. The van der Waals surface area contributed by atoms with Crippen molar-refractivity contribution in [1.29, 1.82) is 0 Å². The van der Waals surface area contributed by atoms with Crippen molar-refractivity contribution in [3.63, 3.8) is 0 Å². The molecule has 0 fully saturated rings. The van der Waals surface area contributed by atoms with Crippen molar-refractivity contribution in [2.24, 2.45) is 0 Å². The van der Waals surface area contributed by atoms with Crippen LogP contribution < -0.4 is 9.04 Å². The van der Waals surface area contributed by atoms with Gasteiger partial charge in [-0.3, -0.25) is 4.31 Å². The fourth-order valence-corrected chi connectivity index (χ4v) is 4.06. The highest BCUT2D eigenvalue weighted by molar-refractivity contribution is 7.92. The van der Waals surface area contributed by atoms with E-state index in [1.807, 2.05) is 0 Å². The quantitative estimate of drug-likeness (QED) is 0.196. The zero-order chi connectivity index (χ0) is 27.5. The molecule has 1 unspecified atom stereocenters. The highest BCUT2D eigenvalue weighted by Gasteiger charge is 2.50. The Balaban J connectivity index is 2.30. The fourth-order valence-electron chi connectivity index (χ4n) is 2.59. The number of benzene rings is 2. The summed E-state index contributed by atoms with van der Waals surface area (Å²) in [5.41, 5.74) is -7.05. The summed E-state index contributed by atoms with van der Waals surface area (Å²) < 4.78 is 137. The van der Waals surface area contributed by atoms with Crippen LogP contribution in [0.2, 0.25) is 0 Å². The lowest BCUT2D eigenvalue weighted by Crippen LogP contribution is -2.44. The number of halogens is 6. The third kappa shape index (κ3) is 7.47. The molecule has 0 aromatic heterocycles. The Hall–Kier alpha value is -3.05. The Bertz CT molecular complexity index is 1280. The molecule has 0 heterocycles. The molecule has 200 valence electrons. The predicted octanol–water partition coefficient (Wildman–Crippen LogP) is 3.67. The van der Waals surface area contributed by atoms with E-state index in [0.717, 1.165) is 43.5 Å². The number of esters is 1. The highest BCUT2D eigenvalue weighted by Crippen LogP contribution is 2.32. The summed E-state index contributed by atoms with van der Waals surface area (Å²) in [6.45, 7) is -1.21. The first-order valence-corrected chi connectivity index (χ1v) is 12.6. The van der Waals surface area contributed by atoms with Crippen LogP contribution in [-0.4, -0.2) is 54.3 Å². The van der Waals surface area contributed by atoms with Crippen LogP contribution >= 0.6 is 0 Å². The largest absolute Gasteiger partial charge is 0.523 e. The van der Waals surface area contributed by atoms with E-state index in [1.54, 1.807) is 0 Å². The van der Waals surface area contributed by atoms with E-state index in [9.17, 15) is 48.0 Å². The van der Waals surface area contributed by atoms with Gasteiger partial charge in [0.05, 0.1) is 31.2 Å². The minimum absolute atomic E-state index is 0.00670. The topological polar surface area (TPSA) is 116 Å². The third-order valence-electron chi connectivity index (χ3n) is 4.26. The molecule has 0 N–H and O–H groups in total. The molecule has 0 bridgehead atoms. The molecule has 0 spiro atoms. The summed E-state index contributed by atoms with van der Waals surface area (Å²) in [6, 6.07) is 8.16. The molecule has 17 heteroatoms. The van der Waals surface area contributed by atoms with E-state index >= 15 is 0 Å². The lowest BCUT2D eigenvalue weighted by Gasteiger charge is -2.26. The summed E-state index contributed by atoms with van der Waals surface area (Å²) in [5.74, 6) is -1.56. The number of carbonyl (C=O) groups excluding carboxylic acids is 1. The van der Waals surface area contributed by atoms with E-state index in [4.69, 9.17) is 4.74 Å². The molecular weight excluding hydrogens is 548 g/mol. The van der Waals surface area contributed by atoms with Crippen LogP contribution in [-0.2, 0) is 40.0 Å². The standard InChI is InChI=1S/C19H17F6NO8S2/c1-32-17(27)16(34-36(30,31)19(23,24)25)11-26(35(2,28)29)13-5-9-15(10-6-13)33-14-7-3-12(4-8-14)18(20,21)22/h3-10,16H,11H2,1-2H3. The SMILES string of the molecule is COC(=O)C(CN(c1ccc(Oc2ccc(C(F)(F)F)cc2)cc1)S(C)(=O)=O)OS(=O)(=O)C(F)(F)F. The Morgan fingerprint density at radius 3 is 1.75 bits per heavy atom. The molecule has 2 aromatic rings. The maximum Gasteiger partial charge on any atom is 0.523 e. The lowest BCUT2D eigenvalue weighted by molar-refractivity contribution is -0.148. The minimum Gasteiger partial charge on any atom is -0.467 e. The number of methoxy groups -OCH3 is 1. The van der Waals surface area contributed by atoms with Crippen molar-refractivity contribution >= 4 is 31.8 Å². The third-order valence-corrected chi connectivity index (χ3v) is 6.48. The van der Waals surface area contributed by atoms with Crippen LogP contribution in [0.5, 0.6) is 11.5 Å². The van der Waals surface area contributed by atoms with Crippen molar-refractivity contribution in [3.05, 3.63) is 54.1 Å². The summed E-state index contributed by atoms with van der Waals surface area (Å²) in [5, 5.41) is 0. The van der Waals surface area contributed by atoms with Gasteiger partial charge in [0.1, 0.15) is 11.5 Å².